The second kappa shape index (κ2) is 7.23. The number of urea groups is 1. The Morgan fingerprint density at radius 1 is 1.40 bits per heavy atom. The number of aliphatic hydroxyl groups excluding tert-OH is 1. The Bertz CT molecular complexity index is 752. The van der Waals surface area contributed by atoms with Crippen LogP contribution < -0.4 is 5.32 Å². The van der Waals surface area contributed by atoms with Crippen LogP contribution in [0.3, 0.4) is 0 Å². The number of hydrogen-bond donors (Lipinski definition) is 2. The summed E-state index contributed by atoms with van der Waals surface area (Å²) in [5, 5.41) is 16.6. The highest BCUT2D eigenvalue weighted by atomic mass is 19.1. The fourth-order valence-corrected chi connectivity index (χ4v) is 2.72. The molecule has 1 unspecified atom stereocenters. The van der Waals surface area contributed by atoms with Gasteiger partial charge in [0.1, 0.15) is 5.82 Å². The third-order valence-corrected chi connectivity index (χ3v) is 4.14. The topological polar surface area (TPSA) is 70.4 Å². The van der Waals surface area contributed by atoms with Crippen LogP contribution in [0.5, 0.6) is 0 Å². The largest absolute Gasteiger partial charge is 0.394 e. The summed E-state index contributed by atoms with van der Waals surface area (Å²) in [6.45, 7) is 7.56. The van der Waals surface area contributed by atoms with Crippen molar-refractivity contribution < 1.29 is 14.3 Å². The minimum absolute atomic E-state index is 0.135. The minimum atomic E-state index is -0.363. The first-order valence-corrected chi connectivity index (χ1v) is 8.10. The number of benzene rings is 1. The van der Waals surface area contributed by atoms with Gasteiger partial charge in [-0.05, 0) is 30.5 Å². The van der Waals surface area contributed by atoms with Gasteiger partial charge >= 0.3 is 6.03 Å². The van der Waals surface area contributed by atoms with Gasteiger partial charge in [0.2, 0.25) is 0 Å². The van der Waals surface area contributed by atoms with Crippen molar-refractivity contribution in [2.75, 3.05) is 19.0 Å². The van der Waals surface area contributed by atoms with Gasteiger partial charge in [-0.2, -0.15) is 0 Å². The van der Waals surface area contributed by atoms with E-state index in [1.54, 1.807) is 29.9 Å². The molecule has 1 heterocycles. The number of amides is 2. The quantitative estimate of drug-likeness (QED) is 0.891. The van der Waals surface area contributed by atoms with Gasteiger partial charge in [0.05, 0.1) is 18.3 Å². The van der Waals surface area contributed by atoms with Crippen LogP contribution in [-0.2, 0) is 0 Å². The van der Waals surface area contributed by atoms with Crippen LogP contribution in [0.4, 0.5) is 15.0 Å². The van der Waals surface area contributed by atoms with Gasteiger partial charge < -0.3 is 10.0 Å². The predicted octanol–water partition coefficient (Wildman–Crippen LogP) is 3.19. The summed E-state index contributed by atoms with van der Waals surface area (Å²) in [7, 11) is 1.64. The Balaban J connectivity index is 2.18. The molecule has 25 heavy (non-hydrogen) atoms. The summed E-state index contributed by atoms with van der Waals surface area (Å²) in [6, 6.07) is 7.09. The molecule has 1 aromatic heterocycles. The van der Waals surface area contributed by atoms with Crippen molar-refractivity contribution in [1.29, 1.82) is 0 Å². The van der Waals surface area contributed by atoms with Crippen molar-refractivity contribution in [3.63, 3.8) is 0 Å². The first-order chi connectivity index (χ1) is 11.6. The first kappa shape index (κ1) is 18.9. The highest BCUT2D eigenvalue weighted by molar-refractivity contribution is 5.88. The molecule has 0 fully saturated rings. The number of nitrogens with one attached hydrogen (secondary N) is 1. The average Bonchev–Trinajstić information content (AvgIpc) is 2.86. The van der Waals surface area contributed by atoms with Gasteiger partial charge in [0, 0.05) is 18.8 Å². The SMILES string of the molecule is Cc1cc(NC(=O)N(C)C(CO)C(C)(C)C)nn1-c1cccc(F)c1. The molecule has 0 aliphatic carbocycles. The number of carbonyl (C=O) groups excluding carboxylic acids is 1. The van der Waals surface area contributed by atoms with E-state index in [0.29, 0.717) is 11.5 Å². The summed E-state index contributed by atoms with van der Waals surface area (Å²) in [6.07, 6.45) is 0. The molecule has 2 amide bonds. The number of hydrogen-bond acceptors (Lipinski definition) is 3. The van der Waals surface area contributed by atoms with E-state index < -0.39 is 0 Å². The second-order valence-electron chi connectivity index (χ2n) is 7.17. The Morgan fingerprint density at radius 3 is 2.64 bits per heavy atom. The van der Waals surface area contributed by atoms with Crippen LogP contribution >= 0.6 is 0 Å². The number of carbonyl (C=O) groups is 1. The molecule has 0 spiro atoms. The molecule has 0 bridgehead atoms. The third-order valence-electron chi connectivity index (χ3n) is 4.14. The fraction of sp³-hybridized carbons (Fsp3) is 0.444. The summed E-state index contributed by atoms with van der Waals surface area (Å²) in [5.74, 6) is 0.0119. The smallest absolute Gasteiger partial charge is 0.323 e. The van der Waals surface area contributed by atoms with E-state index in [0.717, 1.165) is 5.69 Å². The van der Waals surface area contributed by atoms with Crippen molar-refractivity contribution in [3.8, 4) is 5.69 Å². The maximum atomic E-state index is 13.4. The summed E-state index contributed by atoms with van der Waals surface area (Å²) < 4.78 is 15.0. The number of likely N-dealkylation sites (N-methyl/N-ethyl adjacent to an activating group) is 1. The van der Waals surface area contributed by atoms with Crippen molar-refractivity contribution in [2.24, 2.45) is 5.41 Å². The number of aliphatic hydroxyl groups is 1. The van der Waals surface area contributed by atoms with Crippen molar-refractivity contribution >= 4 is 11.8 Å². The molecular weight excluding hydrogens is 323 g/mol. The Kier molecular flexibility index (Phi) is 5.47. The highest BCUT2D eigenvalue weighted by Gasteiger charge is 2.30. The van der Waals surface area contributed by atoms with Crippen LogP contribution in [-0.4, -0.2) is 45.5 Å². The van der Waals surface area contributed by atoms with Crippen LogP contribution in [0.1, 0.15) is 26.5 Å². The lowest BCUT2D eigenvalue weighted by atomic mass is 9.86. The maximum absolute atomic E-state index is 13.4. The Hall–Kier alpha value is -2.41. The average molecular weight is 348 g/mol. The van der Waals surface area contributed by atoms with E-state index in [4.69, 9.17) is 0 Å². The van der Waals surface area contributed by atoms with Crippen LogP contribution in [0.2, 0.25) is 0 Å². The van der Waals surface area contributed by atoms with Gasteiger partial charge in [0.25, 0.3) is 0 Å². The molecule has 2 N–H and O–H groups in total. The van der Waals surface area contributed by atoms with Crippen LogP contribution in [0.15, 0.2) is 30.3 Å². The lowest BCUT2D eigenvalue weighted by Gasteiger charge is -2.36. The first-order valence-electron chi connectivity index (χ1n) is 8.10. The zero-order chi connectivity index (χ0) is 18.8. The molecule has 2 rings (SSSR count). The summed E-state index contributed by atoms with van der Waals surface area (Å²) in [4.78, 5) is 13.9. The maximum Gasteiger partial charge on any atom is 0.323 e. The normalized spacial score (nSPS) is 12.8. The lowest BCUT2D eigenvalue weighted by Crippen LogP contribution is -2.48. The van der Waals surface area contributed by atoms with Gasteiger partial charge in [-0.1, -0.05) is 26.8 Å². The number of aryl methyl sites for hydroxylation is 1. The Labute approximate surface area is 147 Å². The van der Waals surface area contributed by atoms with Crippen LogP contribution in [0.25, 0.3) is 5.69 Å². The van der Waals surface area contributed by atoms with Gasteiger partial charge in [-0.25, -0.2) is 13.9 Å². The summed E-state index contributed by atoms with van der Waals surface area (Å²) >= 11 is 0. The molecule has 1 atom stereocenters. The molecule has 136 valence electrons. The standard InChI is InChI=1S/C18H25FN4O2/c1-12-9-16(21-23(12)14-8-6-7-13(19)10-14)20-17(25)22(5)15(11-24)18(2,3)4/h6-10,15,24H,11H2,1-5H3,(H,20,21,25). The second-order valence-corrected chi connectivity index (χ2v) is 7.17. The molecule has 0 aliphatic rings. The third kappa shape index (κ3) is 4.36. The Morgan fingerprint density at radius 2 is 2.08 bits per heavy atom. The van der Waals surface area contributed by atoms with E-state index >= 15 is 0 Å². The number of rotatable bonds is 4. The number of aromatic nitrogens is 2. The zero-order valence-corrected chi connectivity index (χ0v) is 15.2. The molecule has 7 heteroatoms. The molecule has 0 aliphatic heterocycles. The van der Waals surface area contributed by atoms with Gasteiger partial charge in [-0.15, -0.1) is 5.10 Å². The van der Waals surface area contributed by atoms with Crippen molar-refractivity contribution in [1.82, 2.24) is 14.7 Å². The monoisotopic (exact) mass is 348 g/mol. The molecule has 2 aromatic rings. The fourth-order valence-electron chi connectivity index (χ4n) is 2.72. The number of halogens is 1. The predicted molar refractivity (Wildman–Crippen MR) is 95.4 cm³/mol. The van der Waals surface area contributed by atoms with Gasteiger partial charge in [-0.3, -0.25) is 5.32 Å². The van der Waals surface area contributed by atoms with E-state index in [9.17, 15) is 14.3 Å². The molecule has 1 aromatic carbocycles. The molecular formula is C18H25FN4O2. The highest BCUT2D eigenvalue weighted by Crippen LogP contribution is 2.24. The molecule has 0 saturated heterocycles. The van der Waals surface area contributed by atoms with Crippen molar-refractivity contribution in [2.45, 2.75) is 33.7 Å². The molecule has 0 saturated carbocycles. The zero-order valence-electron chi connectivity index (χ0n) is 15.2. The van der Waals surface area contributed by atoms with E-state index in [-0.39, 0.29) is 29.9 Å². The number of nitrogens with zero attached hydrogens (tertiary/aromatic N) is 3. The van der Waals surface area contributed by atoms with Crippen molar-refractivity contribution in [3.05, 3.63) is 41.8 Å². The lowest BCUT2D eigenvalue weighted by molar-refractivity contribution is 0.0885. The van der Waals surface area contributed by atoms with E-state index in [1.165, 1.54) is 17.0 Å². The minimum Gasteiger partial charge on any atom is -0.394 e. The summed E-state index contributed by atoms with van der Waals surface area (Å²) in [5.41, 5.74) is 1.07. The number of anilines is 1. The van der Waals surface area contributed by atoms with E-state index in [1.807, 2.05) is 27.7 Å². The van der Waals surface area contributed by atoms with Crippen LogP contribution in [0, 0.1) is 18.2 Å². The van der Waals surface area contributed by atoms with E-state index in [2.05, 4.69) is 10.4 Å². The molecule has 6 nitrogen and oxygen atoms in total. The van der Waals surface area contributed by atoms with Gasteiger partial charge in [0.15, 0.2) is 5.82 Å². The molecule has 0 radical (unpaired) electrons.